The highest BCUT2D eigenvalue weighted by Gasteiger charge is 2.32. The molecule has 1 unspecified atom stereocenters. The molecule has 1 atom stereocenters. The molecule has 0 spiro atoms. The molecule has 0 aromatic heterocycles. The van der Waals surface area contributed by atoms with Gasteiger partial charge < -0.3 is 10.6 Å². The molecule has 0 aromatic rings. The van der Waals surface area contributed by atoms with Crippen LogP contribution in [0.3, 0.4) is 0 Å². The fourth-order valence-corrected chi connectivity index (χ4v) is 4.32. The number of piperidine rings is 1. The molecule has 1 amide bonds. The molecule has 1 saturated carbocycles. The van der Waals surface area contributed by atoms with Crippen LogP contribution in [0.15, 0.2) is 0 Å². The molecule has 2 aliphatic heterocycles. The lowest BCUT2D eigenvalue weighted by atomic mass is 9.87. The van der Waals surface area contributed by atoms with Crippen LogP contribution in [-0.4, -0.2) is 54.0 Å². The first-order chi connectivity index (χ1) is 10.2. The topological polar surface area (TPSA) is 49.6 Å². The van der Waals surface area contributed by atoms with E-state index in [0.717, 1.165) is 51.9 Å². The predicted octanol–water partition coefficient (Wildman–Crippen LogP) is 1.98. The van der Waals surface area contributed by atoms with Crippen LogP contribution in [0.25, 0.3) is 0 Å². The molecule has 4 heteroatoms. The van der Waals surface area contributed by atoms with Crippen LogP contribution in [0.4, 0.5) is 0 Å². The summed E-state index contributed by atoms with van der Waals surface area (Å²) in [7, 11) is 0. The zero-order valence-electron chi connectivity index (χ0n) is 13.3. The van der Waals surface area contributed by atoms with Crippen molar-refractivity contribution >= 4 is 5.91 Å². The molecule has 1 aliphatic carbocycles. The quantitative estimate of drug-likeness (QED) is 0.865. The fraction of sp³-hybridized carbons (Fsp3) is 0.941. The van der Waals surface area contributed by atoms with Gasteiger partial charge in [0, 0.05) is 31.6 Å². The minimum Gasteiger partial charge on any atom is -0.341 e. The van der Waals surface area contributed by atoms with E-state index in [1.165, 1.54) is 32.1 Å². The molecule has 2 saturated heterocycles. The van der Waals surface area contributed by atoms with E-state index in [4.69, 9.17) is 5.73 Å². The van der Waals surface area contributed by atoms with Crippen LogP contribution < -0.4 is 5.73 Å². The summed E-state index contributed by atoms with van der Waals surface area (Å²) < 4.78 is 0. The van der Waals surface area contributed by atoms with Gasteiger partial charge in [0.05, 0.1) is 0 Å². The van der Waals surface area contributed by atoms with Gasteiger partial charge in [-0.15, -0.1) is 0 Å². The summed E-state index contributed by atoms with van der Waals surface area (Å²) in [5.74, 6) is 1.08. The first-order valence-electron chi connectivity index (χ1n) is 9.00. The second-order valence-electron chi connectivity index (χ2n) is 7.36. The van der Waals surface area contributed by atoms with Crippen LogP contribution >= 0.6 is 0 Å². The Balaban J connectivity index is 1.44. The van der Waals surface area contributed by atoms with E-state index < -0.39 is 0 Å². The first-order valence-corrected chi connectivity index (χ1v) is 9.00. The van der Waals surface area contributed by atoms with Gasteiger partial charge in [-0.3, -0.25) is 9.69 Å². The molecular formula is C17H31N3O. The van der Waals surface area contributed by atoms with Gasteiger partial charge in [-0.2, -0.15) is 0 Å². The Morgan fingerprint density at radius 3 is 2.38 bits per heavy atom. The summed E-state index contributed by atoms with van der Waals surface area (Å²) in [5, 5.41) is 0. The average Bonchev–Trinajstić information content (AvgIpc) is 2.99. The van der Waals surface area contributed by atoms with Crippen molar-refractivity contribution in [2.75, 3.05) is 26.2 Å². The van der Waals surface area contributed by atoms with Crippen molar-refractivity contribution in [3.8, 4) is 0 Å². The van der Waals surface area contributed by atoms with Crippen molar-refractivity contribution in [1.82, 2.24) is 9.80 Å². The SMILES string of the molecule is NC1CCN(C2CCN(C(=O)CC3CCCCC3)C2)CC1. The van der Waals surface area contributed by atoms with Crippen molar-refractivity contribution in [3.05, 3.63) is 0 Å². The zero-order valence-corrected chi connectivity index (χ0v) is 13.3. The van der Waals surface area contributed by atoms with Crippen LogP contribution in [-0.2, 0) is 4.79 Å². The summed E-state index contributed by atoms with van der Waals surface area (Å²) in [4.78, 5) is 17.2. The van der Waals surface area contributed by atoms with Crippen molar-refractivity contribution in [2.24, 2.45) is 11.7 Å². The van der Waals surface area contributed by atoms with Gasteiger partial charge in [0.15, 0.2) is 0 Å². The van der Waals surface area contributed by atoms with E-state index in [1.54, 1.807) is 0 Å². The lowest BCUT2D eigenvalue weighted by Crippen LogP contribution is -2.46. The molecular weight excluding hydrogens is 262 g/mol. The minimum atomic E-state index is 0.395. The third-order valence-electron chi connectivity index (χ3n) is 5.79. The van der Waals surface area contributed by atoms with Gasteiger partial charge >= 0.3 is 0 Å². The van der Waals surface area contributed by atoms with Gasteiger partial charge in [0.25, 0.3) is 0 Å². The summed E-state index contributed by atoms with van der Waals surface area (Å²) >= 11 is 0. The van der Waals surface area contributed by atoms with Crippen LogP contribution in [0.1, 0.15) is 57.8 Å². The fourth-order valence-electron chi connectivity index (χ4n) is 4.32. The van der Waals surface area contributed by atoms with Crippen LogP contribution in [0.5, 0.6) is 0 Å². The van der Waals surface area contributed by atoms with Crippen molar-refractivity contribution in [1.29, 1.82) is 0 Å². The van der Waals surface area contributed by atoms with Gasteiger partial charge in [0.2, 0.25) is 5.91 Å². The highest BCUT2D eigenvalue weighted by atomic mass is 16.2. The predicted molar refractivity (Wildman–Crippen MR) is 85.0 cm³/mol. The largest absolute Gasteiger partial charge is 0.341 e. The molecule has 0 aromatic carbocycles. The Kier molecular flexibility index (Phi) is 5.17. The lowest BCUT2D eigenvalue weighted by Gasteiger charge is -2.34. The molecule has 3 rings (SSSR count). The standard InChI is InChI=1S/C17H31N3O/c18-15-6-9-19(10-7-15)16-8-11-20(13-16)17(21)12-14-4-2-1-3-5-14/h14-16H,1-13,18H2. The summed E-state index contributed by atoms with van der Waals surface area (Å²) in [6.45, 7) is 4.17. The monoisotopic (exact) mass is 293 g/mol. The Labute approximate surface area is 129 Å². The third-order valence-corrected chi connectivity index (χ3v) is 5.79. The molecule has 0 bridgehead atoms. The average molecular weight is 293 g/mol. The van der Waals surface area contributed by atoms with Crippen LogP contribution in [0, 0.1) is 5.92 Å². The second kappa shape index (κ2) is 7.10. The first kappa shape index (κ1) is 15.3. The minimum absolute atomic E-state index is 0.395. The molecule has 120 valence electrons. The summed E-state index contributed by atoms with van der Waals surface area (Å²) in [5.41, 5.74) is 5.98. The highest BCUT2D eigenvalue weighted by Crippen LogP contribution is 2.28. The number of hydrogen-bond acceptors (Lipinski definition) is 3. The summed E-state index contributed by atoms with van der Waals surface area (Å²) in [6, 6.07) is 0.986. The smallest absolute Gasteiger partial charge is 0.222 e. The number of rotatable bonds is 3. The van der Waals surface area contributed by atoms with E-state index in [-0.39, 0.29) is 0 Å². The molecule has 2 N–H and O–H groups in total. The lowest BCUT2D eigenvalue weighted by molar-refractivity contribution is -0.131. The Morgan fingerprint density at radius 2 is 1.67 bits per heavy atom. The molecule has 3 fully saturated rings. The number of hydrogen-bond donors (Lipinski definition) is 1. The van der Waals surface area contributed by atoms with E-state index in [9.17, 15) is 4.79 Å². The molecule has 3 aliphatic rings. The molecule has 2 heterocycles. The number of carbonyl (C=O) groups is 1. The van der Waals surface area contributed by atoms with Crippen LogP contribution in [0.2, 0.25) is 0 Å². The van der Waals surface area contributed by atoms with Gasteiger partial charge in [-0.05, 0) is 51.1 Å². The van der Waals surface area contributed by atoms with E-state index in [0.29, 0.717) is 23.9 Å². The second-order valence-corrected chi connectivity index (χ2v) is 7.36. The van der Waals surface area contributed by atoms with Gasteiger partial charge in [0.1, 0.15) is 0 Å². The Hall–Kier alpha value is -0.610. The summed E-state index contributed by atoms with van der Waals surface area (Å²) in [6.07, 6.45) is 10.8. The van der Waals surface area contributed by atoms with Crippen molar-refractivity contribution in [3.63, 3.8) is 0 Å². The van der Waals surface area contributed by atoms with Crippen molar-refractivity contribution < 1.29 is 4.79 Å². The number of amides is 1. The van der Waals surface area contributed by atoms with Crippen molar-refractivity contribution in [2.45, 2.75) is 69.9 Å². The van der Waals surface area contributed by atoms with E-state index in [1.807, 2.05) is 0 Å². The molecule has 0 radical (unpaired) electrons. The van der Waals surface area contributed by atoms with Gasteiger partial charge in [-0.25, -0.2) is 0 Å². The van der Waals surface area contributed by atoms with E-state index >= 15 is 0 Å². The maximum absolute atomic E-state index is 12.5. The Morgan fingerprint density at radius 1 is 0.952 bits per heavy atom. The maximum Gasteiger partial charge on any atom is 0.222 e. The molecule has 21 heavy (non-hydrogen) atoms. The highest BCUT2D eigenvalue weighted by molar-refractivity contribution is 5.76. The van der Waals surface area contributed by atoms with Gasteiger partial charge in [-0.1, -0.05) is 19.3 Å². The number of nitrogens with zero attached hydrogens (tertiary/aromatic N) is 2. The third kappa shape index (κ3) is 3.98. The number of nitrogens with two attached hydrogens (primary N) is 1. The molecule has 4 nitrogen and oxygen atoms in total. The zero-order chi connectivity index (χ0) is 14.7. The normalized spacial score (nSPS) is 30.0. The Bertz CT molecular complexity index is 346. The van der Waals surface area contributed by atoms with E-state index in [2.05, 4.69) is 9.80 Å². The maximum atomic E-state index is 12.5. The number of likely N-dealkylation sites (tertiary alicyclic amines) is 2. The number of carbonyl (C=O) groups excluding carboxylic acids is 1.